The van der Waals surface area contributed by atoms with Crippen molar-refractivity contribution in [3.63, 3.8) is 0 Å². The van der Waals surface area contributed by atoms with E-state index in [1.54, 1.807) is 6.92 Å². The number of aliphatic hydroxyl groups excluding tert-OH is 2. The molecule has 1 saturated heterocycles. The van der Waals surface area contributed by atoms with Gasteiger partial charge in [0.05, 0.1) is 25.2 Å². The topological polar surface area (TPSA) is 76.0 Å². The van der Waals surface area contributed by atoms with Gasteiger partial charge in [-0.15, -0.1) is 6.58 Å². The highest BCUT2D eigenvalue weighted by Gasteiger charge is 2.39. The normalized spacial score (nSPS) is 30.8. The molecule has 1 aliphatic heterocycles. The Labute approximate surface area is 107 Å². The molecule has 0 bridgehead atoms. The molecule has 0 saturated carbocycles. The maximum Gasteiger partial charge on any atom is 0.308 e. The van der Waals surface area contributed by atoms with Gasteiger partial charge in [0.15, 0.2) is 0 Å². The monoisotopic (exact) mass is 258 g/mol. The van der Waals surface area contributed by atoms with E-state index < -0.39 is 18.3 Å². The van der Waals surface area contributed by atoms with Gasteiger partial charge in [0.2, 0.25) is 0 Å². The molecule has 1 heterocycles. The Kier molecular flexibility index (Phi) is 5.78. The summed E-state index contributed by atoms with van der Waals surface area (Å²) in [5.41, 5.74) is 0. The summed E-state index contributed by atoms with van der Waals surface area (Å²) >= 11 is 0. The molecule has 5 nitrogen and oxygen atoms in total. The number of aliphatic hydroxyl groups is 2. The number of hydrogen-bond donors (Lipinski definition) is 2. The molecule has 0 radical (unpaired) electrons. The lowest BCUT2D eigenvalue weighted by Gasteiger charge is -2.21. The lowest BCUT2D eigenvalue weighted by molar-refractivity contribution is -0.148. The zero-order valence-corrected chi connectivity index (χ0v) is 10.9. The Morgan fingerprint density at radius 1 is 1.61 bits per heavy atom. The van der Waals surface area contributed by atoms with Crippen molar-refractivity contribution >= 4 is 5.97 Å². The highest BCUT2D eigenvalue weighted by Crippen LogP contribution is 2.31. The molecule has 0 spiro atoms. The standard InChI is InChI=1S/C13H22O5/c1-4-9(14)13(16)11-6-8(3)10(18-11)7-12(15)17-5-2/h4,8-11,13-14,16H,1,5-7H2,2-3H3/t8-,9-,10+,11-,13-/m1/s1. The van der Waals surface area contributed by atoms with E-state index in [1.165, 1.54) is 6.08 Å². The van der Waals surface area contributed by atoms with Gasteiger partial charge in [-0.05, 0) is 19.3 Å². The molecule has 104 valence electrons. The minimum Gasteiger partial charge on any atom is -0.466 e. The van der Waals surface area contributed by atoms with E-state index in [0.29, 0.717) is 13.0 Å². The summed E-state index contributed by atoms with van der Waals surface area (Å²) in [6.07, 6.45) is -0.676. The summed E-state index contributed by atoms with van der Waals surface area (Å²) in [6, 6.07) is 0. The van der Waals surface area contributed by atoms with E-state index in [9.17, 15) is 15.0 Å². The van der Waals surface area contributed by atoms with Crippen LogP contribution in [0, 0.1) is 5.92 Å². The fourth-order valence-corrected chi connectivity index (χ4v) is 2.15. The highest BCUT2D eigenvalue weighted by molar-refractivity contribution is 5.70. The first-order valence-electron chi connectivity index (χ1n) is 6.29. The minimum absolute atomic E-state index is 0.145. The van der Waals surface area contributed by atoms with Crippen LogP contribution in [0.1, 0.15) is 26.7 Å². The molecule has 2 N–H and O–H groups in total. The summed E-state index contributed by atoms with van der Waals surface area (Å²) in [5.74, 6) is -0.153. The molecule has 0 unspecified atom stereocenters. The first-order valence-corrected chi connectivity index (χ1v) is 6.29. The molecule has 0 aliphatic carbocycles. The molecule has 0 aromatic heterocycles. The Bertz CT molecular complexity index is 291. The van der Waals surface area contributed by atoms with Crippen LogP contribution in [0.2, 0.25) is 0 Å². The van der Waals surface area contributed by atoms with Crippen molar-refractivity contribution in [3.8, 4) is 0 Å². The summed E-state index contributed by atoms with van der Waals surface area (Å²) in [6.45, 7) is 7.48. The van der Waals surface area contributed by atoms with Crippen LogP contribution in [0.15, 0.2) is 12.7 Å². The summed E-state index contributed by atoms with van der Waals surface area (Å²) in [5, 5.41) is 19.3. The van der Waals surface area contributed by atoms with Gasteiger partial charge < -0.3 is 19.7 Å². The highest BCUT2D eigenvalue weighted by atomic mass is 16.5. The van der Waals surface area contributed by atoms with Crippen molar-refractivity contribution in [3.05, 3.63) is 12.7 Å². The third-order valence-electron chi connectivity index (χ3n) is 3.23. The molecule has 5 atom stereocenters. The first-order chi connectivity index (χ1) is 8.49. The molecule has 0 amide bonds. The number of esters is 1. The van der Waals surface area contributed by atoms with E-state index in [1.807, 2.05) is 6.92 Å². The number of carbonyl (C=O) groups is 1. The number of rotatable bonds is 6. The molecular weight excluding hydrogens is 236 g/mol. The molecule has 1 fully saturated rings. The molecule has 1 rings (SSSR count). The fraction of sp³-hybridized carbons (Fsp3) is 0.769. The lowest BCUT2D eigenvalue weighted by atomic mass is 9.96. The van der Waals surface area contributed by atoms with Crippen molar-refractivity contribution < 1.29 is 24.5 Å². The van der Waals surface area contributed by atoms with Gasteiger partial charge >= 0.3 is 5.97 Å². The Hall–Kier alpha value is -0.910. The third-order valence-corrected chi connectivity index (χ3v) is 3.23. The first kappa shape index (κ1) is 15.1. The van der Waals surface area contributed by atoms with Crippen molar-refractivity contribution in [1.29, 1.82) is 0 Å². The van der Waals surface area contributed by atoms with Crippen molar-refractivity contribution in [2.24, 2.45) is 5.92 Å². The third kappa shape index (κ3) is 3.80. The Morgan fingerprint density at radius 3 is 2.83 bits per heavy atom. The Balaban J connectivity index is 2.50. The number of carbonyl (C=O) groups excluding carboxylic acids is 1. The summed E-state index contributed by atoms with van der Waals surface area (Å²) in [7, 11) is 0. The molecule has 0 aromatic rings. The van der Waals surface area contributed by atoms with E-state index >= 15 is 0 Å². The average Bonchev–Trinajstić information content (AvgIpc) is 2.69. The second-order valence-corrected chi connectivity index (χ2v) is 4.65. The number of ether oxygens (including phenoxy) is 2. The summed E-state index contributed by atoms with van der Waals surface area (Å²) in [4.78, 5) is 11.4. The van der Waals surface area contributed by atoms with Crippen LogP contribution in [0.3, 0.4) is 0 Å². The molecule has 18 heavy (non-hydrogen) atoms. The van der Waals surface area contributed by atoms with Gasteiger partial charge in [0.25, 0.3) is 0 Å². The van der Waals surface area contributed by atoms with Crippen LogP contribution in [-0.2, 0) is 14.3 Å². The lowest BCUT2D eigenvalue weighted by Crippen LogP contribution is -2.36. The maximum absolute atomic E-state index is 11.4. The van der Waals surface area contributed by atoms with E-state index in [0.717, 1.165) is 0 Å². The molecule has 5 heteroatoms. The van der Waals surface area contributed by atoms with E-state index in [4.69, 9.17) is 9.47 Å². The SMILES string of the molecule is C=C[C@@H](O)[C@@H](O)[C@H]1C[C@@H](C)[C@H](CC(=O)OCC)O1. The van der Waals surface area contributed by atoms with Gasteiger partial charge in [0.1, 0.15) is 12.2 Å². The van der Waals surface area contributed by atoms with Crippen LogP contribution in [-0.4, -0.2) is 47.2 Å². The largest absolute Gasteiger partial charge is 0.466 e. The van der Waals surface area contributed by atoms with Crippen LogP contribution in [0.5, 0.6) is 0 Å². The zero-order chi connectivity index (χ0) is 13.7. The van der Waals surface area contributed by atoms with E-state index in [-0.39, 0.29) is 24.4 Å². The second kappa shape index (κ2) is 6.87. The van der Waals surface area contributed by atoms with Crippen molar-refractivity contribution in [1.82, 2.24) is 0 Å². The van der Waals surface area contributed by atoms with Crippen LogP contribution in [0.25, 0.3) is 0 Å². The molecule has 0 aromatic carbocycles. The van der Waals surface area contributed by atoms with Gasteiger partial charge in [-0.25, -0.2) is 0 Å². The van der Waals surface area contributed by atoms with E-state index in [2.05, 4.69) is 6.58 Å². The Morgan fingerprint density at radius 2 is 2.28 bits per heavy atom. The predicted octanol–water partition coefficient (Wildman–Crippen LogP) is 0.641. The molecule has 1 aliphatic rings. The van der Waals surface area contributed by atoms with Crippen molar-refractivity contribution in [2.75, 3.05) is 6.61 Å². The minimum atomic E-state index is -1.01. The smallest absolute Gasteiger partial charge is 0.308 e. The van der Waals surface area contributed by atoms with Gasteiger partial charge in [0, 0.05) is 0 Å². The maximum atomic E-state index is 11.4. The summed E-state index contributed by atoms with van der Waals surface area (Å²) < 4.78 is 10.5. The molecular formula is C13H22O5. The quantitative estimate of drug-likeness (QED) is 0.540. The van der Waals surface area contributed by atoms with Crippen molar-refractivity contribution in [2.45, 2.75) is 51.1 Å². The van der Waals surface area contributed by atoms with Crippen LogP contribution < -0.4 is 0 Å². The average molecular weight is 258 g/mol. The number of hydrogen-bond acceptors (Lipinski definition) is 5. The second-order valence-electron chi connectivity index (χ2n) is 4.65. The predicted molar refractivity (Wildman–Crippen MR) is 65.9 cm³/mol. The van der Waals surface area contributed by atoms with Gasteiger partial charge in [-0.3, -0.25) is 4.79 Å². The van der Waals surface area contributed by atoms with Crippen LogP contribution in [0.4, 0.5) is 0 Å². The van der Waals surface area contributed by atoms with Gasteiger partial charge in [-0.2, -0.15) is 0 Å². The zero-order valence-electron chi connectivity index (χ0n) is 10.9. The van der Waals surface area contributed by atoms with Crippen LogP contribution >= 0.6 is 0 Å². The van der Waals surface area contributed by atoms with Gasteiger partial charge in [-0.1, -0.05) is 13.0 Å². The fourth-order valence-electron chi connectivity index (χ4n) is 2.15.